The highest BCUT2D eigenvalue weighted by Crippen LogP contribution is 2.22. The third-order valence-electron chi connectivity index (χ3n) is 4.03. The third-order valence-corrected chi connectivity index (χ3v) is 4.03. The predicted molar refractivity (Wildman–Crippen MR) is 80.9 cm³/mol. The lowest BCUT2D eigenvalue weighted by molar-refractivity contribution is -0.138. The second kappa shape index (κ2) is 9.01. The van der Waals surface area contributed by atoms with Gasteiger partial charge in [-0.05, 0) is 46.1 Å². The fraction of sp³-hybridized carbons (Fsp3) is 0.875. The summed E-state index contributed by atoms with van der Waals surface area (Å²) in [6, 6.07) is 2.34. The molecule has 1 aliphatic heterocycles. The highest BCUT2D eigenvalue weighted by atomic mass is 16.5. The molecule has 1 saturated heterocycles. The first-order valence-corrected chi connectivity index (χ1v) is 7.90. The number of unbranched alkanes of at least 4 members (excludes halogenated alkanes) is 1. The van der Waals surface area contributed by atoms with E-state index in [1.165, 1.54) is 0 Å². The highest BCUT2D eigenvalue weighted by Gasteiger charge is 2.20. The zero-order valence-corrected chi connectivity index (χ0v) is 13.3. The summed E-state index contributed by atoms with van der Waals surface area (Å²) >= 11 is 0. The van der Waals surface area contributed by atoms with Crippen LogP contribution >= 0.6 is 0 Å². The van der Waals surface area contributed by atoms with Crippen molar-refractivity contribution in [2.24, 2.45) is 5.41 Å². The number of rotatable bonds is 9. The summed E-state index contributed by atoms with van der Waals surface area (Å²) in [5.41, 5.74) is -0.203. The number of piperidine rings is 1. The van der Waals surface area contributed by atoms with Gasteiger partial charge < -0.3 is 14.7 Å². The molecule has 0 aromatic carbocycles. The van der Waals surface area contributed by atoms with Crippen LogP contribution in [0.4, 0.5) is 0 Å². The maximum Gasteiger partial charge on any atom is 0.305 e. The Morgan fingerprint density at radius 3 is 2.62 bits per heavy atom. The lowest BCUT2D eigenvalue weighted by Gasteiger charge is -2.32. The van der Waals surface area contributed by atoms with Gasteiger partial charge in [-0.3, -0.25) is 4.79 Å². The van der Waals surface area contributed by atoms with Crippen molar-refractivity contribution in [2.75, 3.05) is 26.2 Å². The largest absolute Gasteiger partial charge is 0.481 e. The van der Waals surface area contributed by atoms with Gasteiger partial charge >= 0.3 is 5.97 Å². The molecule has 1 aliphatic rings. The smallest absolute Gasteiger partial charge is 0.305 e. The number of carbonyl (C=O) groups is 1. The Kier molecular flexibility index (Phi) is 7.69. The predicted octanol–water partition coefficient (Wildman–Crippen LogP) is 2.66. The second-order valence-corrected chi connectivity index (χ2v) is 6.51. The van der Waals surface area contributed by atoms with Crippen LogP contribution < -0.4 is 0 Å². The minimum Gasteiger partial charge on any atom is -0.481 e. The van der Waals surface area contributed by atoms with E-state index >= 15 is 0 Å². The van der Waals surface area contributed by atoms with Gasteiger partial charge in [-0.25, -0.2) is 0 Å². The summed E-state index contributed by atoms with van der Waals surface area (Å²) < 4.78 is 5.58. The molecule has 0 radical (unpaired) electrons. The van der Waals surface area contributed by atoms with Crippen molar-refractivity contribution in [3.8, 4) is 6.07 Å². The minimum atomic E-state index is -0.798. The topological polar surface area (TPSA) is 73.6 Å². The number of hydrogen-bond donors (Lipinski definition) is 1. The molecular weight excluding hydrogens is 268 g/mol. The van der Waals surface area contributed by atoms with Crippen LogP contribution in [-0.4, -0.2) is 48.3 Å². The van der Waals surface area contributed by atoms with Crippen LogP contribution in [0.5, 0.6) is 0 Å². The zero-order chi connectivity index (χ0) is 15.7. The SMILES string of the molecule is CC(C)(C#N)CCCCN1CCC(OCCC(=O)O)CC1. The first-order valence-electron chi connectivity index (χ1n) is 7.90. The quantitative estimate of drug-likeness (QED) is 0.662. The van der Waals surface area contributed by atoms with Gasteiger partial charge in [0.2, 0.25) is 0 Å². The molecule has 0 saturated carbocycles. The van der Waals surface area contributed by atoms with Crippen LogP contribution in [0, 0.1) is 16.7 Å². The van der Waals surface area contributed by atoms with E-state index in [0.717, 1.165) is 51.7 Å². The molecule has 0 aromatic rings. The molecule has 5 heteroatoms. The standard InChI is InChI=1S/C16H28N2O3/c1-16(2,13-17)8-3-4-9-18-10-5-14(6-11-18)21-12-7-15(19)20/h14H,3-12H2,1-2H3,(H,19,20). The Hall–Kier alpha value is -1.12. The van der Waals surface area contributed by atoms with Crippen molar-refractivity contribution in [1.82, 2.24) is 4.90 Å². The first kappa shape index (κ1) is 17.9. The van der Waals surface area contributed by atoms with E-state index in [1.54, 1.807) is 0 Å². The number of hydrogen-bond acceptors (Lipinski definition) is 4. The van der Waals surface area contributed by atoms with E-state index in [4.69, 9.17) is 15.1 Å². The molecule has 0 aliphatic carbocycles. The van der Waals surface area contributed by atoms with Crippen LogP contribution in [0.1, 0.15) is 52.4 Å². The normalized spacial score (nSPS) is 17.6. The fourth-order valence-corrected chi connectivity index (χ4v) is 2.57. The lowest BCUT2D eigenvalue weighted by Crippen LogP contribution is -2.37. The van der Waals surface area contributed by atoms with Gasteiger partial charge in [0, 0.05) is 13.1 Å². The van der Waals surface area contributed by atoms with Gasteiger partial charge in [-0.15, -0.1) is 0 Å². The Morgan fingerprint density at radius 1 is 1.38 bits per heavy atom. The summed E-state index contributed by atoms with van der Waals surface area (Å²) in [5, 5.41) is 17.5. The van der Waals surface area contributed by atoms with Gasteiger partial charge in [0.15, 0.2) is 0 Å². The van der Waals surface area contributed by atoms with E-state index in [2.05, 4.69) is 11.0 Å². The second-order valence-electron chi connectivity index (χ2n) is 6.51. The molecule has 1 N–H and O–H groups in total. The zero-order valence-electron chi connectivity index (χ0n) is 13.3. The number of nitrogens with zero attached hydrogens (tertiary/aromatic N) is 2. The van der Waals surface area contributed by atoms with Crippen molar-refractivity contribution in [3.63, 3.8) is 0 Å². The molecule has 1 rings (SSSR count). The minimum absolute atomic E-state index is 0.0922. The number of nitriles is 1. The Balaban J connectivity index is 2.06. The number of ether oxygens (including phenoxy) is 1. The van der Waals surface area contributed by atoms with Crippen LogP contribution in [0.15, 0.2) is 0 Å². The number of carboxylic acid groups (broad SMARTS) is 1. The number of carboxylic acids is 1. The monoisotopic (exact) mass is 296 g/mol. The average Bonchev–Trinajstić information content (AvgIpc) is 2.45. The molecule has 0 bridgehead atoms. The van der Waals surface area contributed by atoms with E-state index in [1.807, 2.05) is 13.8 Å². The number of likely N-dealkylation sites (tertiary alicyclic amines) is 1. The molecule has 1 fully saturated rings. The Labute approximate surface area is 127 Å². The first-order chi connectivity index (χ1) is 9.93. The Bertz CT molecular complexity index is 355. The maximum atomic E-state index is 10.4. The molecule has 0 unspecified atom stereocenters. The van der Waals surface area contributed by atoms with Crippen molar-refractivity contribution < 1.29 is 14.6 Å². The third kappa shape index (κ3) is 8.03. The average molecular weight is 296 g/mol. The van der Waals surface area contributed by atoms with Crippen molar-refractivity contribution in [3.05, 3.63) is 0 Å². The molecule has 0 spiro atoms. The van der Waals surface area contributed by atoms with Gasteiger partial charge in [0.1, 0.15) is 0 Å². The maximum absolute atomic E-state index is 10.4. The molecule has 5 nitrogen and oxygen atoms in total. The van der Waals surface area contributed by atoms with Gasteiger partial charge in [0.25, 0.3) is 0 Å². The van der Waals surface area contributed by atoms with E-state index < -0.39 is 5.97 Å². The van der Waals surface area contributed by atoms with Gasteiger partial charge in [-0.2, -0.15) is 5.26 Å². The van der Waals surface area contributed by atoms with Crippen molar-refractivity contribution >= 4 is 5.97 Å². The van der Waals surface area contributed by atoms with Crippen molar-refractivity contribution in [2.45, 2.75) is 58.5 Å². The summed E-state index contributed by atoms with van der Waals surface area (Å²) in [5.74, 6) is -0.798. The summed E-state index contributed by atoms with van der Waals surface area (Å²) in [4.78, 5) is 12.9. The van der Waals surface area contributed by atoms with Gasteiger partial charge in [0.05, 0.1) is 30.6 Å². The molecule has 1 heterocycles. The van der Waals surface area contributed by atoms with Crippen LogP contribution in [0.25, 0.3) is 0 Å². The van der Waals surface area contributed by atoms with Crippen LogP contribution in [-0.2, 0) is 9.53 Å². The number of aliphatic carboxylic acids is 1. The van der Waals surface area contributed by atoms with Crippen LogP contribution in [0.2, 0.25) is 0 Å². The molecular formula is C16H28N2O3. The summed E-state index contributed by atoms with van der Waals surface area (Å²) in [6.07, 6.45) is 5.48. The van der Waals surface area contributed by atoms with Crippen molar-refractivity contribution in [1.29, 1.82) is 5.26 Å². The van der Waals surface area contributed by atoms with E-state index in [9.17, 15) is 4.79 Å². The highest BCUT2D eigenvalue weighted by molar-refractivity contribution is 5.66. The molecule has 0 amide bonds. The van der Waals surface area contributed by atoms with E-state index in [-0.39, 0.29) is 17.9 Å². The lowest BCUT2D eigenvalue weighted by atomic mass is 9.89. The van der Waals surface area contributed by atoms with Crippen LogP contribution in [0.3, 0.4) is 0 Å². The molecule has 21 heavy (non-hydrogen) atoms. The fourth-order valence-electron chi connectivity index (χ4n) is 2.57. The van der Waals surface area contributed by atoms with Gasteiger partial charge in [-0.1, -0.05) is 6.42 Å². The molecule has 0 aromatic heterocycles. The molecule has 120 valence electrons. The van der Waals surface area contributed by atoms with E-state index in [0.29, 0.717) is 6.61 Å². The summed E-state index contributed by atoms with van der Waals surface area (Å²) in [7, 11) is 0. The summed E-state index contributed by atoms with van der Waals surface area (Å²) in [6.45, 7) is 7.45. The molecule has 0 atom stereocenters. The Morgan fingerprint density at radius 2 is 2.05 bits per heavy atom.